The Morgan fingerprint density at radius 1 is 0.971 bits per heavy atom. The number of nitrogens with one attached hydrogen (secondary N) is 1. The summed E-state index contributed by atoms with van der Waals surface area (Å²) in [5.74, 6) is -0.780. The summed E-state index contributed by atoms with van der Waals surface area (Å²) in [6, 6.07) is 18.3. The van der Waals surface area contributed by atoms with E-state index in [0.29, 0.717) is 28.6 Å². The molecule has 0 unspecified atom stereocenters. The van der Waals surface area contributed by atoms with Crippen LogP contribution in [0.25, 0.3) is 0 Å². The van der Waals surface area contributed by atoms with Crippen LogP contribution in [-0.4, -0.2) is 40.6 Å². The average molecular weight is 503 g/mol. The van der Waals surface area contributed by atoms with E-state index in [0.717, 1.165) is 4.31 Å². The molecule has 0 aromatic heterocycles. The Morgan fingerprint density at radius 2 is 1.62 bits per heavy atom. The number of esters is 1. The van der Waals surface area contributed by atoms with Gasteiger partial charge in [-0.05, 0) is 67.6 Å². The van der Waals surface area contributed by atoms with E-state index in [1.807, 2.05) is 0 Å². The van der Waals surface area contributed by atoms with Gasteiger partial charge in [0.2, 0.25) is 5.91 Å². The number of sulfonamides is 1. The van der Waals surface area contributed by atoms with Crippen LogP contribution >= 0.6 is 11.6 Å². The van der Waals surface area contributed by atoms with E-state index >= 15 is 0 Å². The van der Waals surface area contributed by atoms with Crippen molar-refractivity contribution in [3.63, 3.8) is 0 Å². The number of benzene rings is 3. The number of carbonyl (C=O) groups is 2. The van der Waals surface area contributed by atoms with Crippen LogP contribution < -0.4 is 14.4 Å². The molecule has 3 rings (SSSR count). The predicted octanol–water partition coefficient (Wildman–Crippen LogP) is 4.36. The number of hydrogen-bond acceptors (Lipinski definition) is 6. The number of para-hydroxylation sites is 2. The largest absolute Gasteiger partial charge is 0.492 e. The Balaban J connectivity index is 1.93. The van der Waals surface area contributed by atoms with Crippen LogP contribution in [-0.2, 0) is 19.6 Å². The number of carbonyl (C=O) groups excluding carboxylic acids is 2. The second-order valence-electron chi connectivity index (χ2n) is 6.98. The molecule has 0 spiro atoms. The monoisotopic (exact) mass is 502 g/mol. The van der Waals surface area contributed by atoms with Gasteiger partial charge in [-0.15, -0.1) is 0 Å². The van der Waals surface area contributed by atoms with Crippen LogP contribution in [0.3, 0.4) is 0 Å². The summed E-state index contributed by atoms with van der Waals surface area (Å²) in [5.41, 5.74) is 0.924. The minimum atomic E-state index is -4.15. The molecule has 0 bridgehead atoms. The maximum atomic E-state index is 13.5. The van der Waals surface area contributed by atoms with E-state index < -0.39 is 28.4 Å². The van der Waals surface area contributed by atoms with Crippen LogP contribution in [0.2, 0.25) is 5.02 Å². The lowest BCUT2D eigenvalue weighted by Crippen LogP contribution is -2.38. The lowest BCUT2D eigenvalue weighted by molar-refractivity contribution is -0.114. The second-order valence-corrected chi connectivity index (χ2v) is 9.28. The first-order chi connectivity index (χ1) is 16.3. The van der Waals surface area contributed by atoms with Gasteiger partial charge in [0, 0.05) is 10.7 Å². The van der Waals surface area contributed by atoms with Crippen molar-refractivity contribution in [3.05, 3.63) is 83.4 Å². The van der Waals surface area contributed by atoms with E-state index in [2.05, 4.69) is 10.1 Å². The topological polar surface area (TPSA) is 102 Å². The summed E-state index contributed by atoms with van der Waals surface area (Å²) in [5, 5.41) is 3.03. The van der Waals surface area contributed by atoms with Gasteiger partial charge in [-0.2, -0.15) is 0 Å². The van der Waals surface area contributed by atoms with Crippen molar-refractivity contribution in [2.75, 3.05) is 29.9 Å². The summed E-state index contributed by atoms with van der Waals surface area (Å²) in [6.45, 7) is 1.57. The van der Waals surface area contributed by atoms with Crippen molar-refractivity contribution in [1.82, 2.24) is 0 Å². The third kappa shape index (κ3) is 5.86. The molecule has 0 fully saturated rings. The van der Waals surface area contributed by atoms with Crippen LogP contribution in [0.4, 0.5) is 11.4 Å². The Bertz CT molecular complexity index is 1260. The van der Waals surface area contributed by atoms with Gasteiger partial charge in [-0.3, -0.25) is 9.10 Å². The Kier molecular flexibility index (Phi) is 8.14. The standard InChI is InChI=1S/C24H23ClN2O6S/c1-3-33-22-7-5-4-6-21(22)27(34(30,31)20-14-10-18(25)11-15-20)16-23(28)26-19-12-8-17(9-13-19)24(29)32-2/h4-15H,3,16H2,1-2H3,(H,26,28). The zero-order valence-electron chi connectivity index (χ0n) is 18.5. The zero-order chi connectivity index (χ0) is 24.7. The maximum Gasteiger partial charge on any atom is 0.337 e. The molecule has 8 nitrogen and oxygen atoms in total. The Labute approximate surface area is 203 Å². The highest BCUT2D eigenvalue weighted by Crippen LogP contribution is 2.32. The summed E-state index contributed by atoms with van der Waals surface area (Å²) in [4.78, 5) is 24.5. The van der Waals surface area contributed by atoms with Gasteiger partial charge in [0.05, 0.1) is 29.9 Å². The molecule has 0 aliphatic carbocycles. The third-order valence-corrected chi connectivity index (χ3v) is 6.74. The van der Waals surface area contributed by atoms with Crippen molar-refractivity contribution in [2.24, 2.45) is 0 Å². The number of hydrogen-bond donors (Lipinski definition) is 1. The van der Waals surface area contributed by atoms with Crippen molar-refractivity contribution < 1.29 is 27.5 Å². The molecular formula is C24H23ClN2O6S. The lowest BCUT2D eigenvalue weighted by Gasteiger charge is -2.26. The van der Waals surface area contributed by atoms with Crippen LogP contribution in [0.1, 0.15) is 17.3 Å². The maximum absolute atomic E-state index is 13.5. The van der Waals surface area contributed by atoms with E-state index in [1.54, 1.807) is 31.2 Å². The van der Waals surface area contributed by atoms with Gasteiger partial charge < -0.3 is 14.8 Å². The quantitative estimate of drug-likeness (QED) is 0.436. The van der Waals surface area contributed by atoms with Gasteiger partial charge in [-0.1, -0.05) is 23.7 Å². The minimum Gasteiger partial charge on any atom is -0.492 e. The fraction of sp³-hybridized carbons (Fsp3) is 0.167. The third-order valence-electron chi connectivity index (χ3n) is 4.71. The van der Waals surface area contributed by atoms with Gasteiger partial charge >= 0.3 is 5.97 Å². The highest BCUT2D eigenvalue weighted by Gasteiger charge is 2.29. The van der Waals surface area contributed by atoms with E-state index in [9.17, 15) is 18.0 Å². The normalized spacial score (nSPS) is 10.9. The van der Waals surface area contributed by atoms with Crippen molar-refractivity contribution in [1.29, 1.82) is 0 Å². The molecule has 0 saturated heterocycles. The van der Waals surface area contributed by atoms with Gasteiger partial charge in [0.25, 0.3) is 10.0 Å². The molecule has 1 N–H and O–H groups in total. The van der Waals surface area contributed by atoms with Crippen LogP contribution in [0.5, 0.6) is 5.75 Å². The van der Waals surface area contributed by atoms with Gasteiger partial charge in [0.15, 0.2) is 0 Å². The van der Waals surface area contributed by atoms with Crippen molar-refractivity contribution in [3.8, 4) is 5.75 Å². The lowest BCUT2D eigenvalue weighted by atomic mass is 10.2. The summed E-state index contributed by atoms with van der Waals surface area (Å²) < 4.78 is 38.3. The highest BCUT2D eigenvalue weighted by atomic mass is 35.5. The molecule has 0 aliphatic rings. The Hall–Kier alpha value is -3.56. The van der Waals surface area contributed by atoms with Crippen molar-refractivity contribution >= 4 is 44.9 Å². The molecule has 0 saturated carbocycles. The van der Waals surface area contributed by atoms with Crippen LogP contribution in [0.15, 0.2) is 77.7 Å². The number of methoxy groups -OCH3 is 1. The predicted molar refractivity (Wildman–Crippen MR) is 130 cm³/mol. The molecular weight excluding hydrogens is 480 g/mol. The zero-order valence-corrected chi connectivity index (χ0v) is 20.1. The molecule has 3 aromatic carbocycles. The van der Waals surface area contributed by atoms with Crippen molar-refractivity contribution in [2.45, 2.75) is 11.8 Å². The molecule has 10 heteroatoms. The van der Waals surface area contributed by atoms with Gasteiger partial charge in [0.1, 0.15) is 12.3 Å². The summed E-state index contributed by atoms with van der Waals surface area (Å²) in [6.07, 6.45) is 0. The molecule has 0 heterocycles. The molecule has 34 heavy (non-hydrogen) atoms. The second kappa shape index (κ2) is 11.0. The highest BCUT2D eigenvalue weighted by molar-refractivity contribution is 7.92. The summed E-state index contributed by atoms with van der Waals surface area (Å²) in [7, 11) is -2.88. The number of halogens is 1. The first kappa shape index (κ1) is 25.1. The fourth-order valence-corrected chi connectivity index (χ4v) is 4.67. The van der Waals surface area contributed by atoms with E-state index in [4.69, 9.17) is 16.3 Å². The SMILES string of the molecule is CCOc1ccccc1N(CC(=O)Nc1ccc(C(=O)OC)cc1)S(=O)(=O)c1ccc(Cl)cc1. The molecule has 3 aromatic rings. The minimum absolute atomic E-state index is 0.0292. The van der Waals surface area contributed by atoms with E-state index in [1.165, 1.54) is 55.6 Å². The van der Waals surface area contributed by atoms with E-state index in [-0.39, 0.29) is 10.6 Å². The molecule has 178 valence electrons. The number of amides is 1. The molecule has 1 amide bonds. The number of ether oxygens (including phenoxy) is 2. The Morgan fingerprint density at radius 3 is 2.24 bits per heavy atom. The first-order valence-electron chi connectivity index (χ1n) is 10.2. The fourth-order valence-electron chi connectivity index (χ4n) is 3.11. The summed E-state index contributed by atoms with van der Waals surface area (Å²) >= 11 is 5.92. The number of rotatable bonds is 9. The number of anilines is 2. The molecule has 0 radical (unpaired) electrons. The van der Waals surface area contributed by atoms with Crippen LogP contribution in [0, 0.1) is 0 Å². The first-order valence-corrected chi connectivity index (χ1v) is 12.1. The molecule has 0 atom stereocenters. The van der Waals surface area contributed by atoms with Gasteiger partial charge in [-0.25, -0.2) is 13.2 Å². The molecule has 0 aliphatic heterocycles. The average Bonchev–Trinajstić information content (AvgIpc) is 2.83. The number of nitrogens with zero attached hydrogens (tertiary/aromatic N) is 1. The smallest absolute Gasteiger partial charge is 0.337 e.